The first-order valence-electron chi connectivity index (χ1n) is 7.29. The van der Waals surface area contributed by atoms with E-state index in [4.69, 9.17) is 16.3 Å². The molecule has 0 radical (unpaired) electrons. The molecule has 0 fully saturated rings. The topological polar surface area (TPSA) is 21.3 Å². The van der Waals surface area contributed by atoms with E-state index < -0.39 is 0 Å². The predicted molar refractivity (Wildman–Crippen MR) is 91.5 cm³/mol. The highest BCUT2D eigenvalue weighted by Gasteiger charge is 2.08. The van der Waals surface area contributed by atoms with Crippen LogP contribution in [0.5, 0.6) is 5.75 Å². The monoisotopic (exact) mass is 323 g/mol. The Balaban J connectivity index is 1.93. The first-order chi connectivity index (χ1) is 10.2. The molecule has 0 saturated carbocycles. The molecule has 1 N–H and O–H groups in total. The number of ether oxygens (including phenoxy) is 1. The first-order valence-corrected chi connectivity index (χ1v) is 8.61. The molecular weight excluding hydrogens is 302 g/mol. The van der Waals surface area contributed by atoms with Gasteiger partial charge in [-0.2, -0.15) is 11.3 Å². The molecule has 2 rings (SSSR count). The third-order valence-electron chi connectivity index (χ3n) is 3.13. The highest BCUT2D eigenvalue weighted by Crippen LogP contribution is 2.28. The van der Waals surface area contributed by atoms with Gasteiger partial charge in [0.05, 0.1) is 11.6 Å². The number of nitrogens with one attached hydrogen (secondary N) is 1. The van der Waals surface area contributed by atoms with Gasteiger partial charge in [0, 0.05) is 18.5 Å². The summed E-state index contributed by atoms with van der Waals surface area (Å²) in [4.78, 5) is 0. The molecule has 1 aromatic heterocycles. The van der Waals surface area contributed by atoms with E-state index in [-0.39, 0.29) is 0 Å². The third kappa shape index (κ3) is 5.34. The highest BCUT2D eigenvalue weighted by molar-refractivity contribution is 7.07. The smallest absolute Gasteiger partial charge is 0.142 e. The van der Waals surface area contributed by atoms with Gasteiger partial charge in [-0.1, -0.05) is 37.6 Å². The molecule has 21 heavy (non-hydrogen) atoms. The van der Waals surface area contributed by atoms with Gasteiger partial charge in [0.1, 0.15) is 5.75 Å². The molecule has 0 unspecified atom stereocenters. The Morgan fingerprint density at radius 2 is 2.14 bits per heavy atom. The van der Waals surface area contributed by atoms with E-state index in [2.05, 4.69) is 42.1 Å². The van der Waals surface area contributed by atoms with Gasteiger partial charge in [0.15, 0.2) is 0 Å². The van der Waals surface area contributed by atoms with Gasteiger partial charge in [-0.25, -0.2) is 0 Å². The molecule has 4 heteroatoms. The molecule has 0 aliphatic rings. The van der Waals surface area contributed by atoms with Crippen molar-refractivity contribution in [2.24, 2.45) is 5.92 Å². The Bertz CT molecular complexity index is 540. The Morgan fingerprint density at radius 1 is 1.29 bits per heavy atom. The van der Waals surface area contributed by atoms with Crippen LogP contribution in [0.3, 0.4) is 0 Å². The lowest BCUT2D eigenvalue weighted by Gasteiger charge is -2.14. The summed E-state index contributed by atoms with van der Waals surface area (Å²) in [5, 5.41) is 8.36. The van der Waals surface area contributed by atoms with Crippen LogP contribution >= 0.6 is 22.9 Å². The number of thiophene rings is 1. The van der Waals surface area contributed by atoms with Crippen LogP contribution in [-0.4, -0.2) is 13.2 Å². The molecule has 1 heterocycles. The fourth-order valence-electron chi connectivity index (χ4n) is 2.06. The normalized spacial score (nSPS) is 11.0. The standard InChI is InChI=1S/C17H22ClNOS/c1-13(2)10-19-11-15-4-3-5-16(18)17(15)20-8-6-14-7-9-21-12-14/h3-5,7,9,12-13,19H,6,8,10-11H2,1-2H3. The highest BCUT2D eigenvalue weighted by atomic mass is 35.5. The number of rotatable bonds is 8. The number of halogens is 1. The molecule has 0 atom stereocenters. The average Bonchev–Trinajstić information content (AvgIpc) is 2.94. The van der Waals surface area contributed by atoms with Gasteiger partial charge >= 0.3 is 0 Å². The zero-order valence-electron chi connectivity index (χ0n) is 12.6. The minimum Gasteiger partial charge on any atom is -0.491 e. The second-order valence-corrected chi connectivity index (χ2v) is 6.67. The number of hydrogen-bond donors (Lipinski definition) is 1. The molecule has 0 aliphatic carbocycles. The molecule has 114 valence electrons. The van der Waals surface area contributed by atoms with E-state index in [0.717, 1.165) is 30.8 Å². The molecular formula is C17H22ClNOS. The van der Waals surface area contributed by atoms with Crippen LogP contribution in [0.15, 0.2) is 35.0 Å². The van der Waals surface area contributed by atoms with Crippen LogP contribution in [0.1, 0.15) is 25.0 Å². The zero-order chi connectivity index (χ0) is 15.1. The molecule has 0 saturated heterocycles. The average molecular weight is 324 g/mol. The second kappa shape index (κ2) is 8.42. The van der Waals surface area contributed by atoms with Crippen molar-refractivity contribution in [1.82, 2.24) is 5.32 Å². The first kappa shape index (κ1) is 16.3. The van der Waals surface area contributed by atoms with Crippen molar-refractivity contribution in [2.45, 2.75) is 26.8 Å². The van der Waals surface area contributed by atoms with Crippen molar-refractivity contribution < 1.29 is 4.74 Å². The maximum atomic E-state index is 6.28. The predicted octanol–water partition coefficient (Wildman–Crippen LogP) is 4.77. The van der Waals surface area contributed by atoms with Crippen LogP contribution in [0.2, 0.25) is 5.02 Å². The summed E-state index contributed by atoms with van der Waals surface area (Å²) in [5.41, 5.74) is 2.43. The maximum Gasteiger partial charge on any atom is 0.142 e. The molecule has 0 aliphatic heterocycles. The molecule has 2 aromatic rings. The summed E-state index contributed by atoms with van der Waals surface area (Å²) >= 11 is 8.00. The fraction of sp³-hybridized carbons (Fsp3) is 0.412. The van der Waals surface area contributed by atoms with Crippen LogP contribution in [0.4, 0.5) is 0 Å². The molecule has 0 bridgehead atoms. The maximum absolute atomic E-state index is 6.28. The lowest BCUT2D eigenvalue weighted by molar-refractivity contribution is 0.318. The molecule has 0 amide bonds. The number of hydrogen-bond acceptors (Lipinski definition) is 3. The minimum atomic E-state index is 0.632. The van der Waals surface area contributed by atoms with Crippen LogP contribution < -0.4 is 10.1 Å². The SMILES string of the molecule is CC(C)CNCc1cccc(Cl)c1OCCc1ccsc1. The van der Waals surface area contributed by atoms with Crippen molar-refractivity contribution in [3.05, 3.63) is 51.2 Å². The van der Waals surface area contributed by atoms with Gasteiger partial charge in [-0.3, -0.25) is 0 Å². The summed E-state index contributed by atoms with van der Waals surface area (Å²) in [7, 11) is 0. The van der Waals surface area contributed by atoms with Gasteiger partial charge in [-0.15, -0.1) is 0 Å². The van der Waals surface area contributed by atoms with E-state index in [0.29, 0.717) is 17.5 Å². The third-order valence-corrected chi connectivity index (χ3v) is 4.16. The molecule has 1 aromatic carbocycles. The quantitative estimate of drug-likeness (QED) is 0.755. The number of para-hydroxylation sites is 1. The summed E-state index contributed by atoms with van der Waals surface area (Å²) < 4.78 is 5.93. The lowest BCUT2D eigenvalue weighted by Crippen LogP contribution is -2.19. The van der Waals surface area contributed by atoms with Gasteiger partial charge in [0.25, 0.3) is 0 Å². The van der Waals surface area contributed by atoms with E-state index >= 15 is 0 Å². The van der Waals surface area contributed by atoms with Gasteiger partial charge in [-0.05, 0) is 40.9 Å². The zero-order valence-corrected chi connectivity index (χ0v) is 14.1. The van der Waals surface area contributed by atoms with Crippen LogP contribution in [0.25, 0.3) is 0 Å². The minimum absolute atomic E-state index is 0.632. The van der Waals surface area contributed by atoms with Gasteiger partial charge < -0.3 is 10.1 Å². The van der Waals surface area contributed by atoms with Crippen molar-refractivity contribution in [2.75, 3.05) is 13.2 Å². The van der Waals surface area contributed by atoms with Crippen molar-refractivity contribution in [1.29, 1.82) is 0 Å². The number of benzene rings is 1. The molecule has 0 spiro atoms. The van der Waals surface area contributed by atoms with E-state index in [1.165, 1.54) is 5.56 Å². The summed E-state index contributed by atoms with van der Waals surface area (Å²) in [6.45, 7) is 6.82. The summed E-state index contributed by atoms with van der Waals surface area (Å²) in [6.07, 6.45) is 0.910. The molecule has 2 nitrogen and oxygen atoms in total. The Hall–Kier alpha value is -1.03. The van der Waals surface area contributed by atoms with E-state index in [1.807, 2.05) is 12.1 Å². The van der Waals surface area contributed by atoms with Gasteiger partial charge in [0.2, 0.25) is 0 Å². The Labute approximate surface area is 136 Å². The lowest BCUT2D eigenvalue weighted by atomic mass is 10.1. The Morgan fingerprint density at radius 3 is 2.86 bits per heavy atom. The largest absolute Gasteiger partial charge is 0.491 e. The van der Waals surface area contributed by atoms with Crippen LogP contribution in [0, 0.1) is 5.92 Å². The van der Waals surface area contributed by atoms with Crippen molar-refractivity contribution >= 4 is 22.9 Å². The van der Waals surface area contributed by atoms with Crippen molar-refractivity contribution in [3.8, 4) is 5.75 Å². The summed E-state index contributed by atoms with van der Waals surface area (Å²) in [6, 6.07) is 8.05. The summed E-state index contributed by atoms with van der Waals surface area (Å²) in [5.74, 6) is 1.44. The van der Waals surface area contributed by atoms with Crippen LogP contribution in [-0.2, 0) is 13.0 Å². The second-order valence-electron chi connectivity index (χ2n) is 5.48. The Kier molecular flexibility index (Phi) is 6.55. The van der Waals surface area contributed by atoms with Crippen molar-refractivity contribution in [3.63, 3.8) is 0 Å². The van der Waals surface area contributed by atoms with E-state index in [9.17, 15) is 0 Å². The fourth-order valence-corrected chi connectivity index (χ4v) is 3.01. The van der Waals surface area contributed by atoms with E-state index in [1.54, 1.807) is 11.3 Å².